The van der Waals surface area contributed by atoms with E-state index < -0.39 is 35.0 Å². The summed E-state index contributed by atoms with van der Waals surface area (Å²) >= 11 is 12.3. The number of carbonyl (C=O) groups is 2. The van der Waals surface area contributed by atoms with Crippen LogP contribution in [0, 0.1) is 34.3 Å². The van der Waals surface area contributed by atoms with Crippen LogP contribution in [0.2, 0.25) is 10.0 Å². The second kappa shape index (κ2) is 11.9. The maximum absolute atomic E-state index is 15.7. The monoisotopic (exact) mass is 598 g/mol. The van der Waals surface area contributed by atoms with Crippen LogP contribution in [0.3, 0.4) is 0 Å². The highest BCUT2D eigenvalue weighted by Crippen LogP contribution is 2.56. The van der Waals surface area contributed by atoms with E-state index in [1.54, 1.807) is 23.1 Å². The lowest BCUT2D eigenvalue weighted by molar-refractivity contribution is -0.119. The van der Waals surface area contributed by atoms with Crippen LogP contribution in [0.15, 0.2) is 60.7 Å². The number of nitriles is 1. The Bertz CT molecular complexity index is 1510. The standard InChI is InChI=1S/C32H30Cl2F2N2O3/c1-31(2,3)15-21-16-38(17-23(39)13-19-7-9-20(10-8-19)30(40)41)29(24-5-4-6-26(34)28(24)36)32(21,18-37)25-12-11-22(33)14-27(25)35/h4-12,14,21,29H,13,15-17H2,1-3H3,(H,40,41)/t21-,29-,32-/m1/s1. The van der Waals surface area contributed by atoms with Gasteiger partial charge in [-0.2, -0.15) is 5.26 Å². The molecule has 0 aliphatic carbocycles. The van der Waals surface area contributed by atoms with Crippen molar-refractivity contribution in [2.45, 2.75) is 45.1 Å². The second-order valence-corrected chi connectivity index (χ2v) is 12.6. The fraction of sp³-hybridized carbons (Fsp3) is 0.344. The van der Waals surface area contributed by atoms with E-state index in [1.807, 2.05) is 20.8 Å². The van der Waals surface area contributed by atoms with Gasteiger partial charge in [0.25, 0.3) is 0 Å². The highest BCUT2D eigenvalue weighted by Gasteiger charge is 2.58. The van der Waals surface area contributed by atoms with Crippen LogP contribution in [-0.4, -0.2) is 34.8 Å². The van der Waals surface area contributed by atoms with Crippen LogP contribution in [-0.2, 0) is 16.6 Å². The highest BCUT2D eigenvalue weighted by atomic mass is 35.5. The molecule has 3 aromatic rings. The van der Waals surface area contributed by atoms with E-state index in [0.29, 0.717) is 12.0 Å². The van der Waals surface area contributed by atoms with E-state index in [2.05, 4.69) is 6.07 Å². The van der Waals surface area contributed by atoms with Crippen molar-refractivity contribution in [3.05, 3.63) is 105 Å². The molecule has 4 rings (SSSR count). The van der Waals surface area contributed by atoms with Gasteiger partial charge in [0, 0.05) is 29.1 Å². The lowest BCUT2D eigenvalue weighted by atomic mass is 9.63. The first-order valence-corrected chi connectivity index (χ1v) is 13.9. The third-order valence-corrected chi connectivity index (χ3v) is 8.10. The average molecular weight is 600 g/mol. The zero-order chi connectivity index (χ0) is 30.1. The first-order valence-electron chi connectivity index (χ1n) is 13.2. The molecule has 1 aliphatic heterocycles. The Hall–Kier alpha value is -3.31. The molecule has 3 atom stereocenters. The molecule has 0 amide bonds. The van der Waals surface area contributed by atoms with Crippen LogP contribution < -0.4 is 0 Å². The topological polar surface area (TPSA) is 81.4 Å². The van der Waals surface area contributed by atoms with Crippen molar-refractivity contribution in [1.29, 1.82) is 5.26 Å². The summed E-state index contributed by atoms with van der Waals surface area (Å²) in [6.45, 7) is 6.12. The molecule has 0 aromatic heterocycles. The number of halogens is 4. The molecule has 9 heteroatoms. The van der Waals surface area contributed by atoms with Crippen molar-refractivity contribution in [2.24, 2.45) is 11.3 Å². The van der Waals surface area contributed by atoms with Gasteiger partial charge in [-0.15, -0.1) is 0 Å². The molecule has 214 valence electrons. The summed E-state index contributed by atoms with van der Waals surface area (Å²) in [5.74, 6) is -3.18. The molecule has 1 heterocycles. The Labute approximate surface area is 248 Å². The maximum Gasteiger partial charge on any atom is 0.335 e. The zero-order valence-electron chi connectivity index (χ0n) is 22.9. The number of likely N-dealkylation sites (tertiary alicyclic amines) is 1. The van der Waals surface area contributed by atoms with Gasteiger partial charge >= 0.3 is 5.97 Å². The van der Waals surface area contributed by atoms with Gasteiger partial charge in [0.05, 0.1) is 29.2 Å². The predicted molar refractivity (Wildman–Crippen MR) is 154 cm³/mol. The fourth-order valence-electron chi connectivity index (χ4n) is 6.02. The Morgan fingerprint density at radius 2 is 1.78 bits per heavy atom. The molecule has 1 aliphatic rings. The maximum atomic E-state index is 15.7. The summed E-state index contributed by atoms with van der Waals surface area (Å²) in [6.07, 6.45) is 0.489. The summed E-state index contributed by atoms with van der Waals surface area (Å²) in [6, 6.07) is 16.0. The molecule has 3 aromatic carbocycles. The quantitative estimate of drug-likeness (QED) is 0.288. The number of carbonyl (C=O) groups excluding carboxylic acids is 1. The van der Waals surface area contributed by atoms with Gasteiger partial charge in [0.15, 0.2) is 5.78 Å². The molecule has 0 saturated carbocycles. The minimum absolute atomic E-state index is 0.0000554. The van der Waals surface area contributed by atoms with Gasteiger partial charge in [-0.1, -0.05) is 74.3 Å². The van der Waals surface area contributed by atoms with Gasteiger partial charge in [0.2, 0.25) is 0 Å². The number of Topliss-reactive ketones (excluding diaryl/α,β-unsaturated/α-hetero) is 1. The molecular formula is C32H30Cl2F2N2O3. The molecule has 0 unspecified atom stereocenters. The van der Waals surface area contributed by atoms with Crippen LogP contribution in [0.1, 0.15) is 60.3 Å². The summed E-state index contributed by atoms with van der Waals surface area (Å²) in [7, 11) is 0. The number of carboxylic acid groups (broad SMARTS) is 1. The molecule has 5 nitrogen and oxygen atoms in total. The average Bonchev–Trinajstić information content (AvgIpc) is 3.17. The van der Waals surface area contributed by atoms with Crippen molar-refractivity contribution in [2.75, 3.05) is 13.1 Å². The van der Waals surface area contributed by atoms with Crippen molar-refractivity contribution < 1.29 is 23.5 Å². The Balaban J connectivity index is 1.84. The van der Waals surface area contributed by atoms with E-state index in [4.69, 9.17) is 28.3 Å². The first-order chi connectivity index (χ1) is 19.3. The van der Waals surface area contributed by atoms with E-state index >= 15 is 8.78 Å². The van der Waals surface area contributed by atoms with Crippen LogP contribution in [0.25, 0.3) is 0 Å². The van der Waals surface area contributed by atoms with Crippen LogP contribution >= 0.6 is 23.2 Å². The van der Waals surface area contributed by atoms with Gasteiger partial charge in [-0.05, 0) is 53.6 Å². The number of benzene rings is 3. The molecule has 1 saturated heterocycles. The van der Waals surface area contributed by atoms with Crippen molar-refractivity contribution in [3.8, 4) is 6.07 Å². The number of nitrogens with zero attached hydrogens (tertiary/aromatic N) is 2. The molecule has 41 heavy (non-hydrogen) atoms. The number of aromatic carboxylic acids is 1. The summed E-state index contributed by atoms with van der Waals surface area (Å²) in [5.41, 5.74) is -0.946. The van der Waals surface area contributed by atoms with Gasteiger partial charge in [-0.3, -0.25) is 9.69 Å². The van der Waals surface area contributed by atoms with E-state index in [9.17, 15) is 14.9 Å². The molecule has 0 spiro atoms. The normalized spacial score (nSPS) is 21.0. The Morgan fingerprint density at radius 1 is 1.10 bits per heavy atom. The van der Waals surface area contributed by atoms with Crippen molar-refractivity contribution in [1.82, 2.24) is 4.90 Å². The molecule has 0 radical (unpaired) electrons. The van der Waals surface area contributed by atoms with Crippen LogP contribution in [0.4, 0.5) is 8.78 Å². The SMILES string of the molecule is CC(C)(C)C[C@@H]1CN(CC(=O)Cc2ccc(C(=O)O)cc2)[C@H](c2cccc(Cl)c2F)[C@@]1(C#N)c1ccc(Cl)cc1F. The third-order valence-electron chi connectivity index (χ3n) is 7.57. The number of rotatable bonds is 8. The van der Waals surface area contributed by atoms with Gasteiger partial charge in [0.1, 0.15) is 17.0 Å². The number of hydrogen-bond donors (Lipinski definition) is 1. The smallest absolute Gasteiger partial charge is 0.335 e. The number of ketones is 1. The fourth-order valence-corrected chi connectivity index (χ4v) is 6.36. The summed E-state index contributed by atoms with van der Waals surface area (Å²) in [5, 5.41) is 20.1. The minimum atomic E-state index is -1.57. The Kier molecular flexibility index (Phi) is 8.89. The molecule has 1 N–H and O–H groups in total. The lowest BCUT2D eigenvalue weighted by Crippen LogP contribution is -2.41. The summed E-state index contributed by atoms with van der Waals surface area (Å²) < 4.78 is 31.4. The number of carboxylic acids is 1. The summed E-state index contributed by atoms with van der Waals surface area (Å²) in [4.78, 5) is 26.3. The molecule has 0 bridgehead atoms. The highest BCUT2D eigenvalue weighted by molar-refractivity contribution is 6.31. The minimum Gasteiger partial charge on any atom is -0.478 e. The molecular weight excluding hydrogens is 569 g/mol. The first kappa shape index (κ1) is 30.6. The van der Waals surface area contributed by atoms with Gasteiger partial charge < -0.3 is 5.11 Å². The predicted octanol–water partition coefficient (Wildman–Crippen LogP) is 7.65. The largest absolute Gasteiger partial charge is 0.478 e. The van der Waals surface area contributed by atoms with Crippen LogP contribution in [0.5, 0.6) is 0 Å². The zero-order valence-corrected chi connectivity index (χ0v) is 24.4. The van der Waals surface area contributed by atoms with Crippen molar-refractivity contribution >= 4 is 35.0 Å². The van der Waals surface area contributed by atoms with Gasteiger partial charge in [-0.25, -0.2) is 13.6 Å². The third kappa shape index (κ3) is 6.30. The van der Waals surface area contributed by atoms with Crippen molar-refractivity contribution in [3.63, 3.8) is 0 Å². The second-order valence-electron chi connectivity index (χ2n) is 11.8. The number of hydrogen-bond acceptors (Lipinski definition) is 4. The lowest BCUT2D eigenvalue weighted by Gasteiger charge is -2.38. The van der Waals surface area contributed by atoms with E-state index in [1.165, 1.54) is 36.4 Å². The van der Waals surface area contributed by atoms with E-state index in [-0.39, 0.29) is 57.4 Å². The van der Waals surface area contributed by atoms with E-state index in [0.717, 1.165) is 6.07 Å². The molecule has 1 fully saturated rings. The Morgan fingerprint density at radius 3 is 2.37 bits per heavy atom.